The second-order valence-electron chi connectivity index (χ2n) is 6.53. The molecule has 0 aromatic heterocycles. The largest absolute Gasteiger partial charge is 0.482 e. The molecule has 5 heteroatoms. The fourth-order valence-corrected chi connectivity index (χ4v) is 2.42. The summed E-state index contributed by atoms with van der Waals surface area (Å²) in [5.74, 6) is -0.909. The van der Waals surface area contributed by atoms with Gasteiger partial charge >= 0.3 is 5.97 Å². The monoisotopic (exact) mass is 341 g/mol. The quantitative estimate of drug-likeness (QED) is 0.772. The first kappa shape index (κ1) is 18.5. The van der Waals surface area contributed by atoms with E-state index in [0.29, 0.717) is 11.3 Å². The molecule has 0 heterocycles. The van der Waals surface area contributed by atoms with Crippen LogP contribution in [0.5, 0.6) is 5.75 Å². The maximum absolute atomic E-state index is 12.5. The maximum atomic E-state index is 12.5. The third-order valence-electron chi connectivity index (χ3n) is 3.79. The summed E-state index contributed by atoms with van der Waals surface area (Å²) in [6, 6.07) is 16.6. The first-order valence-electron chi connectivity index (χ1n) is 8.17. The number of carbonyl (C=O) groups excluding carboxylic acids is 1. The molecule has 132 valence electrons. The molecule has 2 aromatic rings. The number of hydrogen-bond donors (Lipinski definition) is 2. The lowest BCUT2D eigenvalue weighted by Crippen LogP contribution is -2.43. The molecule has 0 radical (unpaired) electrons. The minimum absolute atomic E-state index is 0.209. The average molecular weight is 341 g/mol. The number of carbonyl (C=O) groups is 2. The number of carboxylic acids is 1. The number of ether oxygens (including phenoxy) is 1. The minimum Gasteiger partial charge on any atom is -0.482 e. The number of amides is 1. The lowest BCUT2D eigenvalue weighted by Gasteiger charge is -2.26. The minimum atomic E-state index is -1.06. The summed E-state index contributed by atoms with van der Waals surface area (Å²) in [5, 5.41) is 11.7. The van der Waals surface area contributed by atoms with Crippen LogP contribution in [0.4, 0.5) is 0 Å². The molecule has 0 saturated heterocycles. The van der Waals surface area contributed by atoms with E-state index in [0.717, 1.165) is 12.8 Å². The number of benzene rings is 2. The number of aliphatic carboxylic acids is 1. The summed E-state index contributed by atoms with van der Waals surface area (Å²) in [5.41, 5.74) is 1.30. The van der Waals surface area contributed by atoms with Crippen molar-refractivity contribution in [3.8, 4) is 5.75 Å². The van der Waals surface area contributed by atoms with Crippen LogP contribution in [0.15, 0.2) is 54.6 Å². The van der Waals surface area contributed by atoms with Gasteiger partial charge in [-0.25, -0.2) is 4.79 Å². The first-order chi connectivity index (χ1) is 11.9. The van der Waals surface area contributed by atoms with Crippen molar-refractivity contribution in [2.24, 2.45) is 0 Å². The molecule has 0 aliphatic rings. The predicted octanol–water partition coefficient (Wildman–Crippen LogP) is 3.29. The summed E-state index contributed by atoms with van der Waals surface area (Å²) >= 11 is 0. The van der Waals surface area contributed by atoms with Gasteiger partial charge in [0.1, 0.15) is 5.75 Å². The van der Waals surface area contributed by atoms with Crippen LogP contribution in [0.2, 0.25) is 0 Å². The Morgan fingerprint density at radius 1 is 1.08 bits per heavy atom. The summed E-state index contributed by atoms with van der Waals surface area (Å²) < 4.78 is 5.11. The summed E-state index contributed by atoms with van der Waals surface area (Å²) in [4.78, 5) is 23.0. The highest BCUT2D eigenvalue weighted by Crippen LogP contribution is 2.17. The number of nitrogens with one attached hydrogen (secondary N) is 1. The number of aryl methyl sites for hydroxylation is 1. The molecule has 0 atom stereocenters. The van der Waals surface area contributed by atoms with Gasteiger partial charge in [-0.1, -0.05) is 36.4 Å². The van der Waals surface area contributed by atoms with Crippen LogP contribution in [0.1, 0.15) is 36.2 Å². The molecule has 2 rings (SSSR count). The van der Waals surface area contributed by atoms with E-state index in [1.54, 1.807) is 24.3 Å². The molecule has 0 fully saturated rings. The third kappa shape index (κ3) is 6.30. The van der Waals surface area contributed by atoms with Crippen molar-refractivity contribution < 1.29 is 19.4 Å². The predicted molar refractivity (Wildman–Crippen MR) is 95.9 cm³/mol. The standard InChI is InChI=1S/C20H23NO4/c1-20(2,12-11-15-7-4-3-5-8-15)21-19(24)16-9-6-10-17(13-16)25-14-18(22)23/h3-10,13H,11-12,14H2,1-2H3,(H,21,24)(H,22,23). The fourth-order valence-electron chi connectivity index (χ4n) is 2.42. The zero-order chi connectivity index (χ0) is 18.3. The van der Waals surface area contributed by atoms with Crippen LogP contribution >= 0.6 is 0 Å². The van der Waals surface area contributed by atoms with Crippen LogP contribution in [0, 0.1) is 0 Å². The number of carboxylic acid groups (broad SMARTS) is 1. The molecule has 0 aliphatic carbocycles. The van der Waals surface area contributed by atoms with E-state index in [2.05, 4.69) is 17.4 Å². The molecule has 0 aliphatic heterocycles. The Morgan fingerprint density at radius 2 is 1.80 bits per heavy atom. The molecule has 0 unspecified atom stereocenters. The molecule has 5 nitrogen and oxygen atoms in total. The molecule has 0 spiro atoms. The molecular weight excluding hydrogens is 318 g/mol. The van der Waals surface area contributed by atoms with Crippen molar-refractivity contribution in [3.05, 3.63) is 65.7 Å². The van der Waals surface area contributed by atoms with Crippen molar-refractivity contribution >= 4 is 11.9 Å². The van der Waals surface area contributed by atoms with Crippen LogP contribution in [-0.4, -0.2) is 29.1 Å². The van der Waals surface area contributed by atoms with Gasteiger partial charge in [0.05, 0.1) is 0 Å². The van der Waals surface area contributed by atoms with Gasteiger partial charge in [-0.05, 0) is 50.5 Å². The van der Waals surface area contributed by atoms with Gasteiger partial charge in [-0.3, -0.25) is 4.79 Å². The molecule has 2 N–H and O–H groups in total. The molecule has 25 heavy (non-hydrogen) atoms. The third-order valence-corrected chi connectivity index (χ3v) is 3.79. The average Bonchev–Trinajstić information content (AvgIpc) is 2.59. The van der Waals surface area contributed by atoms with Gasteiger partial charge in [-0.15, -0.1) is 0 Å². The van der Waals surface area contributed by atoms with Crippen molar-refractivity contribution in [2.75, 3.05) is 6.61 Å². The maximum Gasteiger partial charge on any atom is 0.341 e. The van der Waals surface area contributed by atoms with E-state index < -0.39 is 12.6 Å². The van der Waals surface area contributed by atoms with E-state index in [9.17, 15) is 9.59 Å². The van der Waals surface area contributed by atoms with Gasteiger partial charge in [0, 0.05) is 11.1 Å². The molecule has 1 amide bonds. The molecule has 0 saturated carbocycles. The SMILES string of the molecule is CC(C)(CCc1ccccc1)NC(=O)c1cccc(OCC(=O)O)c1. The first-order valence-corrected chi connectivity index (χ1v) is 8.17. The van der Waals surface area contributed by atoms with Gasteiger partial charge < -0.3 is 15.2 Å². The van der Waals surface area contributed by atoms with E-state index in [1.165, 1.54) is 5.56 Å². The van der Waals surface area contributed by atoms with E-state index in [1.807, 2.05) is 32.0 Å². The Kier molecular flexibility index (Phi) is 6.17. The van der Waals surface area contributed by atoms with Crippen molar-refractivity contribution in [1.29, 1.82) is 0 Å². The lowest BCUT2D eigenvalue weighted by atomic mass is 9.95. The van der Waals surface area contributed by atoms with E-state index in [4.69, 9.17) is 9.84 Å². The Hall–Kier alpha value is -2.82. The molecule has 2 aromatic carbocycles. The zero-order valence-corrected chi connectivity index (χ0v) is 14.5. The van der Waals surface area contributed by atoms with Crippen LogP contribution < -0.4 is 10.1 Å². The zero-order valence-electron chi connectivity index (χ0n) is 14.5. The fraction of sp³-hybridized carbons (Fsp3) is 0.300. The van der Waals surface area contributed by atoms with Crippen LogP contribution in [-0.2, 0) is 11.2 Å². The van der Waals surface area contributed by atoms with Gasteiger partial charge in [0.15, 0.2) is 6.61 Å². The van der Waals surface area contributed by atoms with Crippen LogP contribution in [0.3, 0.4) is 0 Å². The highest BCUT2D eigenvalue weighted by atomic mass is 16.5. The topological polar surface area (TPSA) is 75.6 Å². The van der Waals surface area contributed by atoms with Crippen molar-refractivity contribution in [1.82, 2.24) is 5.32 Å². The number of hydrogen-bond acceptors (Lipinski definition) is 3. The Morgan fingerprint density at radius 3 is 2.48 bits per heavy atom. The van der Waals surface area contributed by atoms with E-state index >= 15 is 0 Å². The summed E-state index contributed by atoms with van der Waals surface area (Å²) in [6.07, 6.45) is 1.67. The molecule has 0 bridgehead atoms. The summed E-state index contributed by atoms with van der Waals surface area (Å²) in [7, 11) is 0. The highest BCUT2D eigenvalue weighted by molar-refractivity contribution is 5.95. The number of rotatable bonds is 8. The van der Waals surface area contributed by atoms with Crippen molar-refractivity contribution in [3.63, 3.8) is 0 Å². The highest BCUT2D eigenvalue weighted by Gasteiger charge is 2.21. The smallest absolute Gasteiger partial charge is 0.341 e. The van der Waals surface area contributed by atoms with Gasteiger partial charge in [0.2, 0.25) is 0 Å². The second kappa shape index (κ2) is 8.33. The van der Waals surface area contributed by atoms with Gasteiger partial charge in [0.25, 0.3) is 5.91 Å². The normalized spacial score (nSPS) is 11.0. The van der Waals surface area contributed by atoms with Crippen molar-refractivity contribution in [2.45, 2.75) is 32.2 Å². The second-order valence-corrected chi connectivity index (χ2v) is 6.53. The molecular formula is C20H23NO4. The van der Waals surface area contributed by atoms with Crippen LogP contribution in [0.25, 0.3) is 0 Å². The lowest BCUT2D eigenvalue weighted by molar-refractivity contribution is -0.139. The Labute approximate surface area is 147 Å². The van der Waals surface area contributed by atoms with E-state index in [-0.39, 0.29) is 11.4 Å². The Bertz CT molecular complexity index is 725. The Balaban J connectivity index is 1.95. The summed E-state index contributed by atoms with van der Waals surface area (Å²) in [6.45, 7) is 3.53. The van der Waals surface area contributed by atoms with Gasteiger partial charge in [-0.2, -0.15) is 0 Å².